The van der Waals surface area contributed by atoms with Gasteiger partial charge in [-0.15, -0.1) is 0 Å². The number of morpholine rings is 1. The van der Waals surface area contributed by atoms with Gasteiger partial charge in [-0.1, -0.05) is 6.07 Å². The van der Waals surface area contributed by atoms with Crippen LogP contribution in [-0.4, -0.2) is 79.0 Å². The van der Waals surface area contributed by atoms with Crippen molar-refractivity contribution >= 4 is 37.5 Å². The standard InChI is InChI=1S/C32H29AsF3N6O2/c34-32(35,36)25-6-1-5-24(18-25)31(43)39-26-7-2-4-23(19-26)28-9-12-38-30-21-27(40-42(28)30)22-8-11-37-29(20-22)33-10-3-13-41-14-16-44-17-15-41/h1-2,4-9,11-12,18-21H,3,10,13-17H2,(H,39,43). The summed E-state index contributed by atoms with van der Waals surface area (Å²) in [5.74, 6) is -0.633. The van der Waals surface area contributed by atoms with Gasteiger partial charge in [-0.05, 0) is 18.2 Å². The second-order valence-electron chi connectivity index (χ2n) is 10.3. The zero-order chi connectivity index (χ0) is 30.5. The van der Waals surface area contributed by atoms with Crippen LogP contribution >= 0.6 is 0 Å². The van der Waals surface area contributed by atoms with Crippen LogP contribution in [0.15, 0.2) is 85.2 Å². The molecule has 3 aromatic heterocycles. The van der Waals surface area contributed by atoms with Crippen LogP contribution in [0.5, 0.6) is 0 Å². The number of hydrogen-bond acceptors (Lipinski definition) is 6. The Labute approximate surface area is 259 Å². The van der Waals surface area contributed by atoms with E-state index in [9.17, 15) is 18.0 Å². The SMILES string of the molecule is O=C(Nc1cccc(-c2ccnc3cc(-c4ccnc([As]CCCN5CCOCC5)c4)nn23)c1)c1cccc(C(F)(F)F)c1. The van der Waals surface area contributed by atoms with Gasteiger partial charge in [0, 0.05) is 5.56 Å². The molecule has 0 atom stereocenters. The maximum atomic E-state index is 13.1. The molecule has 0 unspecified atom stereocenters. The third kappa shape index (κ3) is 7.18. The Hall–Kier alpha value is -4.05. The smallest absolute Gasteiger partial charge is 0.166 e. The molecule has 0 spiro atoms. The molecule has 0 aliphatic carbocycles. The van der Waals surface area contributed by atoms with Crippen molar-refractivity contribution < 1.29 is 22.7 Å². The number of nitrogens with one attached hydrogen (secondary N) is 1. The fourth-order valence-electron chi connectivity index (χ4n) is 5.03. The molecule has 12 heteroatoms. The van der Waals surface area contributed by atoms with Gasteiger partial charge in [0.05, 0.1) is 5.56 Å². The minimum atomic E-state index is -4.53. The van der Waals surface area contributed by atoms with E-state index in [1.54, 1.807) is 28.9 Å². The average Bonchev–Trinajstić information content (AvgIpc) is 3.48. The number of amides is 1. The van der Waals surface area contributed by atoms with E-state index in [-0.39, 0.29) is 21.3 Å². The molecule has 2 aromatic carbocycles. The van der Waals surface area contributed by atoms with Gasteiger partial charge in [0.2, 0.25) is 0 Å². The number of anilines is 1. The van der Waals surface area contributed by atoms with E-state index in [1.807, 2.05) is 30.5 Å². The number of halogens is 3. The molecular formula is C32H29AsF3N6O2. The number of alkyl halides is 3. The van der Waals surface area contributed by atoms with Crippen molar-refractivity contribution in [1.82, 2.24) is 24.5 Å². The Balaban J connectivity index is 1.17. The maximum Gasteiger partial charge on any atom is 0.416 e. The first-order valence-corrected chi connectivity index (χ1v) is 16.5. The zero-order valence-electron chi connectivity index (χ0n) is 23.7. The number of aromatic nitrogens is 4. The van der Waals surface area contributed by atoms with Crippen LogP contribution in [0.2, 0.25) is 5.21 Å². The number of rotatable bonds is 9. The van der Waals surface area contributed by atoms with E-state index in [4.69, 9.17) is 9.84 Å². The number of ether oxygens (including phenoxy) is 1. The van der Waals surface area contributed by atoms with Crippen molar-refractivity contribution in [2.24, 2.45) is 0 Å². The van der Waals surface area contributed by atoms with Crippen LogP contribution < -0.4 is 9.80 Å². The predicted molar refractivity (Wildman–Crippen MR) is 163 cm³/mol. The number of nitrogens with zero attached hydrogens (tertiary/aromatic N) is 5. The summed E-state index contributed by atoms with van der Waals surface area (Å²) in [4.78, 5) is 24.3. The van der Waals surface area contributed by atoms with Crippen LogP contribution in [-0.2, 0) is 10.9 Å². The second kappa shape index (κ2) is 13.3. The Morgan fingerprint density at radius 3 is 2.59 bits per heavy atom. The summed E-state index contributed by atoms with van der Waals surface area (Å²) in [5, 5.41) is 8.70. The minimum absolute atomic E-state index is 0.0608. The number of carbonyl (C=O) groups excluding carboxylic acids is 1. The summed E-state index contributed by atoms with van der Waals surface area (Å²) in [5.41, 5.74) is 3.40. The van der Waals surface area contributed by atoms with Crippen LogP contribution in [0.4, 0.5) is 18.9 Å². The minimum Gasteiger partial charge on any atom is -0.166 e. The number of pyridine rings is 1. The Morgan fingerprint density at radius 1 is 0.932 bits per heavy atom. The first kappa shape index (κ1) is 30.0. The Bertz CT molecular complexity index is 1770. The molecule has 4 heterocycles. The monoisotopic (exact) mass is 661 g/mol. The average molecular weight is 662 g/mol. The number of hydrogen-bond donors (Lipinski definition) is 1. The molecule has 0 bridgehead atoms. The summed E-state index contributed by atoms with van der Waals surface area (Å²) >= 11 is -0.0608. The Morgan fingerprint density at radius 2 is 1.75 bits per heavy atom. The molecule has 1 radical (unpaired) electrons. The normalized spacial score (nSPS) is 14.4. The first-order chi connectivity index (χ1) is 21.3. The van der Waals surface area contributed by atoms with Crippen molar-refractivity contribution in [3.8, 4) is 22.5 Å². The van der Waals surface area contributed by atoms with Crippen molar-refractivity contribution in [1.29, 1.82) is 0 Å². The van der Waals surface area contributed by atoms with Gasteiger partial charge in [-0.2, -0.15) is 13.2 Å². The number of benzene rings is 2. The van der Waals surface area contributed by atoms with E-state index in [1.165, 1.54) is 12.1 Å². The third-order valence-corrected chi connectivity index (χ3v) is 9.60. The molecule has 1 N–H and O–H groups in total. The second-order valence-corrected chi connectivity index (χ2v) is 12.9. The summed E-state index contributed by atoms with van der Waals surface area (Å²) in [6, 6.07) is 19.3. The third-order valence-electron chi connectivity index (χ3n) is 7.28. The molecule has 5 aromatic rings. The molecule has 0 saturated carbocycles. The first-order valence-electron chi connectivity index (χ1n) is 14.2. The molecule has 1 fully saturated rings. The fraction of sp³-hybridized carbons (Fsp3) is 0.250. The van der Waals surface area contributed by atoms with E-state index in [2.05, 4.69) is 26.3 Å². The van der Waals surface area contributed by atoms with Gasteiger partial charge < -0.3 is 0 Å². The van der Waals surface area contributed by atoms with Crippen molar-refractivity contribution in [2.45, 2.75) is 17.8 Å². The summed E-state index contributed by atoms with van der Waals surface area (Å²) in [6.07, 6.45) is 0.138. The summed E-state index contributed by atoms with van der Waals surface area (Å²) in [6.45, 7) is 4.74. The molecular weight excluding hydrogens is 632 g/mol. The summed E-state index contributed by atoms with van der Waals surface area (Å²) in [7, 11) is 0. The number of carbonyl (C=O) groups is 1. The fourth-order valence-corrected chi connectivity index (χ4v) is 6.93. The van der Waals surface area contributed by atoms with E-state index < -0.39 is 17.6 Å². The van der Waals surface area contributed by atoms with Gasteiger partial charge >= 0.3 is 206 Å². The van der Waals surface area contributed by atoms with Gasteiger partial charge in [-0.3, -0.25) is 4.79 Å². The van der Waals surface area contributed by atoms with E-state index in [0.717, 1.165) is 83.6 Å². The number of fused-ring (bicyclic) bond motifs is 1. The van der Waals surface area contributed by atoms with E-state index >= 15 is 0 Å². The molecule has 8 nitrogen and oxygen atoms in total. The van der Waals surface area contributed by atoms with Gasteiger partial charge in [0.1, 0.15) is 0 Å². The Kier molecular flexibility index (Phi) is 9.06. The van der Waals surface area contributed by atoms with Crippen LogP contribution in [0.1, 0.15) is 22.3 Å². The van der Waals surface area contributed by atoms with Gasteiger partial charge in [-0.25, -0.2) is 0 Å². The van der Waals surface area contributed by atoms with Gasteiger partial charge in [0.25, 0.3) is 0 Å². The molecule has 1 aliphatic rings. The van der Waals surface area contributed by atoms with Crippen molar-refractivity contribution in [3.05, 3.63) is 96.3 Å². The van der Waals surface area contributed by atoms with Crippen LogP contribution in [0.3, 0.4) is 0 Å². The molecule has 6 rings (SSSR count). The maximum absolute atomic E-state index is 13.1. The molecule has 1 saturated heterocycles. The van der Waals surface area contributed by atoms with E-state index in [0.29, 0.717) is 11.3 Å². The molecule has 44 heavy (non-hydrogen) atoms. The van der Waals surface area contributed by atoms with Crippen LogP contribution in [0, 0.1) is 0 Å². The predicted octanol–water partition coefficient (Wildman–Crippen LogP) is 5.20. The molecule has 1 amide bonds. The molecule has 1 aliphatic heterocycles. The topological polar surface area (TPSA) is 84.7 Å². The zero-order valence-corrected chi connectivity index (χ0v) is 25.5. The van der Waals surface area contributed by atoms with Crippen LogP contribution in [0.25, 0.3) is 28.2 Å². The summed E-state index contributed by atoms with van der Waals surface area (Å²) < 4.78 is 47.7. The van der Waals surface area contributed by atoms with Crippen molar-refractivity contribution in [3.63, 3.8) is 0 Å². The quantitative estimate of drug-likeness (QED) is 0.173. The van der Waals surface area contributed by atoms with Crippen molar-refractivity contribution in [2.75, 3.05) is 38.2 Å². The van der Waals surface area contributed by atoms with Gasteiger partial charge in [0.15, 0.2) is 0 Å². The largest absolute Gasteiger partial charge is 0.416 e. The molecule has 225 valence electrons.